The molecule has 0 saturated heterocycles. The molecule has 0 amide bonds. The zero-order valence-corrected chi connectivity index (χ0v) is 32.9. The summed E-state index contributed by atoms with van der Waals surface area (Å²) in [6, 6.07) is 5.13. The number of aryl methyl sites for hydroxylation is 2. The minimum absolute atomic E-state index is 1.10. The zero-order valence-electron chi connectivity index (χ0n) is 31.2. The van der Waals surface area contributed by atoms with Crippen LogP contribution in [0.3, 0.4) is 0 Å². The summed E-state index contributed by atoms with van der Waals surface area (Å²) in [5, 5.41) is 2.82. The van der Waals surface area contributed by atoms with Crippen LogP contribution in [0.1, 0.15) is 205 Å². The van der Waals surface area contributed by atoms with E-state index in [1.54, 1.807) is 33.8 Å². The first-order chi connectivity index (χ1) is 23.8. The van der Waals surface area contributed by atoms with Crippen molar-refractivity contribution in [1.82, 2.24) is 9.97 Å². The van der Waals surface area contributed by atoms with Gasteiger partial charge in [0.05, 0.1) is 20.4 Å². The Kier molecular flexibility index (Phi) is 20.1. The summed E-state index contributed by atoms with van der Waals surface area (Å²) in [7, 11) is 0. The van der Waals surface area contributed by atoms with E-state index in [4.69, 9.17) is 9.97 Å². The second-order valence-electron chi connectivity index (χ2n) is 14.9. The second-order valence-corrected chi connectivity index (χ2v) is 16.6. The van der Waals surface area contributed by atoms with Crippen LogP contribution < -0.4 is 0 Å². The Morgan fingerprint density at radius 3 is 0.938 bits per heavy atom. The molecule has 0 aliphatic carbocycles. The van der Waals surface area contributed by atoms with E-state index in [1.807, 2.05) is 11.0 Å². The minimum atomic E-state index is 1.10. The number of fused-ring (bicyclic) bond motifs is 6. The van der Waals surface area contributed by atoms with E-state index in [1.165, 1.54) is 213 Å². The van der Waals surface area contributed by atoms with Crippen molar-refractivity contribution >= 4 is 53.9 Å². The Labute approximate surface area is 303 Å². The Hall–Kier alpha value is -1.52. The van der Waals surface area contributed by atoms with Gasteiger partial charge in [0.15, 0.2) is 0 Å². The van der Waals surface area contributed by atoms with Gasteiger partial charge in [-0.2, -0.15) is 0 Å². The van der Waals surface area contributed by atoms with Gasteiger partial charge in [-0.1, -0.05) is 181 Å². The van der Waals surface area contributed by atoms with Crippen LogP contribution in [-0.4, -0.2) is 9.97 Å². The predicted octanol–water partition coefficient (Wildman–Crippen LogP) is 16.1. The number of unbranched alkanes of at least 4 members (excludes halogenated alkanes) is 26. The Morgan fingerprint density at radius 1 is 0.375 bits per heavy atom. The van der Waals surface area contributed by atoms with Crippen LogP contribution in [0, 0.1) is 0 Å². The molecule has 0 aliphatic heterocycles. The summed E-state index contributed by atoms with van der Waals surface area (Å²) in [5.41, 5.74) is 9.44. The van der Waals surface area contributed by atoms with Crippen LogP contribution in [0.4, 0.5) is 0 Å². The van der Waals surface area contributed by atoms with Gasteiger partial charge in [-0.3, -0.25) is 0 Å². The summed E-state index contributed by atoms with van der Waals surface area (Å²) in [6.07, 6.45) is 42.3. The zero-order chi connectivity index (χ0) is 33.5. The molecule has 4 aromatic rings. The van der Waals surface area contributed by atoms with E-state index in [0.717, 1.165) is 11.0 Å². The van der Waals surface area contributed by atoms with Crippen LogP contribution in [0.15, 0.2) is 23.2 Å². The van der Waals surface area contributed by atoms with Crippen molar-refractivity contribution < 1.29 is 0 Å². The number of hydrogen-bond donors (Lipinski definition) is 0. The Bertz CT molecular complexity index is 1280. The molecule has 2 aromatic carbocycles. The lowest BCUT2D eigenvalue weighted by molar-refractivity contribution is 0.534. The van der Waals surface area contributed by atoms with Gasteiger partial charge in [-0.05, 0) is 48.9 Å². The van der Waals surface area contributed by atoms with Crippen molar-refractivity contribution in [1.29, 1.82) is 0 Å². The maximum atomic E-state index is 4.75. The standard InChI is InChI=1S/C44H70N2S2/c1-3-5-7-9-11-13-15-17-19-21-23-25-27-29-31-37-33-39-40(44-42(46-36-48-44)41-43(39)47-35-45-41)34-38(37)32-30-28-26-24-22-20-18-16-14-12-10-8-6-4-2/h33-36H,3-32H2,1-2H3. The normalized spacial score (nSPS) is 12.0. The van der Waals surface area contributed by atoms with E-state index >= 15 is 0 Å². The third-order valence-corrected chi connectivity index (χ3v) is 12.5. The molecule has 0 atom stereocenters. The fraction of sp³-hybridized carbons (Fsp3) is 0.727. The highest BCUT2D eigenvalue weighted by atomic mass is 32.1. The number of thiazole rings is 2. The molecule has 0 radical (unpaired) electrons. The molecule has 2 aromatic heterocycles. The summed E-state index contributed by atoms with van der Waals surface area (Å²) in [6.45, 7) is 4.62. The quantitative estimate of drug-likeness (QED) is 0.0509. The molecule has 0 unspecified atom stereocenters. The number of aromatic nitrogens is 2. The molecule has 0 aliphatic rings. The van der Waals surface area contributed by atoms with Crippen LogP contribution in [-0.2, 0) is 12.8 Å². The van der Waals surface area contributed by atoms with Crippen LogP contribution in [0.2, 0.25) is 0 Å². The van der Waals surface area contributed by atoms with Crippen molar-refractivity contribution in [2.45, 2.75) is 206 Å². The molecule has 4 rings (SSSR count). The first-order valence-corrected chi connectivity index (χ1v) is 22.6. The highest BCUT2D eigenvalue weighted by Gasteiger charge is 2.16. The molecule has 0 N–H and O–H groups in total. The van der Waals surface area contributed by atoms with Gasteiger partial charge < -0.3 is 0 Å². The van der Waals surface area contributed by atoms with Gasteiger partial charge in [0, 0.05) is 10.8 Å². The van der Waals surface area contributed by atoms with Gasteiger partial charge in [-0.25, -0.2) is 9.97 Å². The molecular weight excluding hydrogens is 621 g/mol. The summed E-state index contributed by atoms with van der Waals surface area (Å²) in [4.78, 5) is 9.49. The molecule has 0 saturated carbocycles. The Balaban J connectivity index is 1.19. The van der Waals surface area contributed by atoms with Gasteiger partial charge in [0.25, 0.3) is 0 Å². The molecule has 4 heteroatoms. The van der Waals surface area contributed by atoms with Crippen molar-refractivity contribution in [2.24, 2.45) is 0 Å². The van der Waals surface area contributed by atoms with Crippen LogP contribution in [0.5, 0.6) is 0 Å². The monoisotopic (exact) mass is 690 g/mol. The molecule has 0 fully saturated rings. The van der Waals surface area contributed by atoms with Crippen molar-refractivity contribution in [2.75, 3.05) is 0 Å². The van der Waals surface area contributed by atoms with Crippen molar-refractivity contribution in [3.63, 3.8) is 0 Å². The number of hydrogen-bond acceptors (Lipinski definition) is 4. The number of rotatable bonds is 30. The van der Waals surface area contributed by atoms with Gasteiger partial charge >= 0.3 is 0 Å². The molecular formula is C44H70N2S2. The van der Waals surface area contributed by atoms with Gasteiger partial charge in [0.2, 0.25) is 0 Å². The third-order valence-electron chi connectivity index (χ3n) is 10.8. The summed E-state index contributed by atoms with van der Waals surface area (Å²) < 4.78 is 2.65. The topological polar surface area (TPSA) is 25.8 Å². The largest absolute Gasteiger partial charge is 0.242 e. The van der Waals surface area contributed by atoms with Crippen LogP contribution in [0.25, 0.3) is 31.2 Å². The molecule has 0 spiro atoms. The lowest BCUT2D eigenvalue weighted by Gasteiger charge is -2.13. The highest BCUT2D eigenvalue weighted by molar-refractivity contribution is 7.20. The summed E-state index contributed by atoms with van der Waals surface area (Å²) >= 11 is 3.58. The van der Waals surface area contributed by atoms with E-state index in [-0.39, 0.29) is 0 Å². The average Bonchev–Trinajstić information content (AvgIpc) is 3.79. The van der Waals surface area contributed by atoms with Gasteiger partial charge in [-0.15, -0.1) is 22.7 Å². The first kappa shape index (κ1) is 39.3. The maximum Gasteiger partial charge on any atom is 0.109 e. The fourth-order valence-corrected chi connectivity index (χ4v) is 9.40. The third kappa shape index (κ3) is 13.7. The van der Waals surface area contributed by atoms with E-state index in [9.17, 15) is 0 Å². The highest BCUT2D eigenvalue weighted by Crippen LogP contribution is 2.39. The Morgan fingerprint density at radius 2 is 0.646 bits per heavy atom. The summed E-state index contributed by atoms with van der Waals surface area (Å²) in [5.74, 6) is 0. The second kappa shape index (κ2) is 24.6. The SMILES string of the molecule is CCCCCCCCCCCCCCCCc1cc2c(cc1CCCCCCCCCCCCCCCC)c1scnc1c1ncsc21. The van der Waals surface area contributed by atoms with Crippen molar-refractivity contribution in [3.8, 4) is 0 Å². The van der Waals surface area contributed by atoms with Gasteiger partial charge in [0.1, 0.15) is 11.0 Å². The van der Waals surface area contributed by atoms with E-state index in [2.05, 4.69) is 26.0 Å². The maximum absolute atomic E-state index is 4.75. The average molecular weight is 691 g/mol. The molecule has 2 heterocycles. The van der Waals surface area contributed by atoms with E-state index in [0.29, 0.717) is 0 Å². The lowest BCUT2D eigenvalue weighted by atomic mass is 9.92. The molecule has 268 valence electrons. The fourth-order valence-electron chi connectivity index (χ4n) is 7.76. The molecule has 48 heavy (non-hydrogen) atoms. The van der Waals surface area contributed by atoms with Crippen molar-refractivity contribution in [3.05, 3.63) is 34.3 Å². The molecule has 0 bridgehead atoms. The first-order valence-electron chi connectivity index (χ1n) is 20.9. The number of nitrogens with zero attached hydrogens (tertiary/aromatic N) is 2. The van der Waals surface area contributed by atoms with Crippen LogP contribution >= 0.6 is 22.7 Å². The molecule has 2 nitrogen and oxygen atoms in total. The minimum Gasteiger partial charge on any atom is -0.242 e. The predicted molar refractivity (Wildman–Crippen MR) is 218 cm³/mol. The van der Waals surface area contributed by atoms with E-state index < -0.39 is 0 Å². The number of benzene rings is 2. The smallest absolute Gasteiger partial charge is 0.109 e. The lowest BCUT2D eigenvalue weighted by Crippen LogP contribution is -1.97.